The molecule has 0 radical (unpaired) electrons. The number of hydrogen-bond acceptors (Lipinski definition) is 5. The third-order valence-electron chi connectivity index (χ3n) is 3.87. The number of piperidine rings is 1. The zero-order chi connectivity index (χ0) is 13.4. The van der Waals surface area contributed by atoms with Crippen LogP contribution in [0.4, 0.5) is 0 Å². The third-order valence-corrected chi connectivity index (χ3v) is 3.87. The molecule has 2 N–H and O–H groups in total. The Kier molecular flexibility index (Phi) is 4.65. The second-order valence-corrected chi connectivity index (χ2v) is 5.68. The van der Waals surface area contributed by atoms with Crippen molar-refractivity contribution in [1.82, 2.24) is 15.0 Å². The van der Waals surface area contributed by atoms with Gasteiger partial charge in [0.15, 0.2) is 5.82 Å². The summed E-state index contributed by atoms with van der Waals surface area (Å²) in [5.74, 6) is 2.20. The van der Waals surface area contributed by atoms with Gasteiger partial charge < -0.3 is 15.2 Å². The number of likely N-dealkylation sites (tertiary alicyclic amines) is 1. The molecule has 2 heterocycles. The monoisotopic (exact) mass is 300 g/mol. The van der Waals surface area contributed by atoms with Crippen molar-refractivity contribution < 1.29 is 9.32 Å². The van der Waals surface area contributed by atoms with Crippen LogP contribution in [-0.4, -0.2) is 40.1 Å². The predicted octanol–water partition coefficient (Wildman–Crippen LogP) is 1.42. The summed E-state index contributed by atoms with van der Waals surface area (Å²) in [6, 6.07) is -0.439. The molecule has 6 nitrogen and oxygen atoms in total. The number of aromatic nitrogens is 2. The molecule has 1 unspecified atom stereocenters. The SMILES string of the molecule is C[C@@H](N)C(=O)N1CCCC(c2noc(C3CC3)n2)C1.Cl. The van der Waals surface area contributed by atoms with Crippen LogP contribution in [0.15, 0.2) is 4.52 Å². The Morgan fingerprint density at radius 1 is 1.40 bits per heavy atom. The molecule has 2 atom stereocenters. The Morgan fingerprint density at radius 2 is 2.15 bits per heavy atom. The lowest BCUT2D eigenvalue weighted by Gasteiger charge is -2.32. The van der Waals surface area contributed by atoms with Crippen molar-refractivity contribution in [1.29, 1.82) is 0 Å². The zero-order valence-electron chi connectivity index (χ0n) is 11.6. The molecule has 1 aliphatic heterocycles. The van der Waals surface area contributed by atoms with E-state index in [2.05, 4.69) is 10.1 Å². The first-order valence-electron chi connectivity index (χ1n) is 7.03. The largest absolute Gasteiger partial charge is 0.341 e. The summed E-state index contributed by atoms with van der Waals surface area (Å²) in [4.78, 5) is 18.2. The van der Waals surface area contributed by atoms with Crippen molar-refractivity contribution in [3.8, 4) is 0 Å². The van der Waals surface area contributed by atoms with Crippen molar-refractivity contribution in [3.05, 3.63) is 11.7 Å². The van der Waals surface area contributed by atoms with E-state index in [1.165, 1.54) is 0 Å². The summed E-state index contributed by atoms with van der Waals surface area (Å²) in [7, 11) is 0. The van der Waals surface area contributed by atoms with E-state index in [-0.39, 0.29) is 24.2 Å². The van der Waals surface area contributed by atoms with E-state index in [1.54, 1.807) is 6.92 Å². The Balaban J connectivity index is 0.00000147. The Hall–Kier alpha value is -1.14. The Morgan fingerprint density at radius 3 is 2.80 bits per heavy atom. The average Bonchev–Trinajstić information content (AvgIpc) is 3.15. The van der Waals surface area contributed by atoms with Gasteiger partial charge in [0, 0.05) is 24.9 Å². The molecule has 112 valence electrons. The number of hydrogen-bond donors (Lipinski definition) is 1. The maximum Gasteiger partial charge on any atom is 0.239 e. The molecule has 2 fully saturated rings. The van der Waals surface area contributed by atoms with E-state index in [1.807, 2.05) is 4.90 Å². The van der Waals surface area contributed by atoms with Crippen LogP contribution in [0.1, 0.15) is 56.2 Å². The van der Waals surface area contributed by atoms with E-state index in [0.29, 0.717) is 12.5 Å². The maximum absolute atomic E-state index is 11.9. The molecular formula is C13H21ClN4O2. The van der Waals surface area contributed by atoms with E-state index in [9.17, 15) is 4.79 Å². The number of carbonyl (C=O) groups is 1. The van der Waals surface area contributed by atoms with Crippen molar-refractivity contribution in [2.45, 2.75) is 50.5 Å². The Bertz CT molecular complexity index is 473. The van der Waals surface area contributed by atoms with Gasteiger partial charge in [-0.3, -0.25) is 4.79 Å². The van der Waals surface area contributed by atoms with Gasteiger partial charge in [0.2, 0.25) is 11.8 Å². The smallest absolute Gasteiger partial charge is 0.239 e. The molecule has 1 aliphatic carbocycles. The minimum absolute atomic E-state index is 0. The number of nitrogens with two attached hydrogens (primary N) is 1. The molecule has 0 bridgehead atoms. The second kappa shape index (κ2) is 6.10. The molecule has 1 saturated heterocycles. The standard InChI is InChI=1S/C13H20N4O2.ClH/c1-8(14)13(18)17-6-2-3-10(7-17)11-15-12(19-16-11)9-4-5-9;/h8-10H,2-7,14H2,1H3;1H/t8-,10?;/m1./s1. The predicted molar refractivity (Wildman–Crippen MR) is 75.7 cm³/mol. The van der Waals surface area contributed by atoms with Crippen molar-refractivity contribution in [3.63, 3.8) is 0 Å². The summed E-state index contributed by atoms with van der Waals surface area (Å²) >= 11 is 0. The van der Waals surface area contributed by atoms with Crippen LogP contribution >= 0.6 is 12.4 Å². The highest BCUT2D eigenvalue weighted by Gasteiger charge is 2.33. The van der Waals surface area contributed by atoms with E-state index in [4.69, 9.17) is 10.3 Å². The molecule has 1 saturated carbocycles. The molecule has 0 aromatic carbocycles. The molecule has 1 aromatic rings. The molecule has 2 aliphatic rings. The fraction of sp³-hybridized carbons (Fsp3) is 0.769. The third kappa shape index (κ3) is 3.12. The minimum Gasteiger partial charge on any atom is -0.341 e. The quantitative estimate of drug-likeness (QED) is 0.912. The van der Waals surface area contributed by atoms with Gasteiger partial charge in [-0.1, -0.05) is 5.16 Å². The van der Waals surface area contributed by atoms with Crippen LogP contribution in [0.3, 0.4) is 0 Å². The summed E-state index contributed by atoms with van der Waals surface area (Å²) in [5.41, 5.74) is 5.66. The number of nitrogens with zero attached hydrogens (tertiary/aromatic N) is 3. The molecule has 20 heavy (non-hydrogen) atoms. The highest BCUT2D eigenvalue weighted by molar-refractivity contribution is 5.85. The van der Waals surface area contributed by atoms with E-state index in [0.717, 1.165) is 43.9 Å². The number of halogens is 1. The summed E-state index contributed by atoms with van der Waals surface area (Å²) in [5, 5.41) is 4.08. The Labute approximate surface area is 124 Å². The van der Waals surface area contributed by atoms with Gasteiger partial charge in [0.1, 0.15) is 0 Å². The molecule has 1 amide bonds. The molecule has 1 aromatic heterocycles. The lowest BCUT2D eigenvalue weighted by molar-refractivity contribution is -0.133. The average molecular weight is 301 g/mol. The maximum atomic E-state index is 11.9. The summed E-state index contributed by atoms with van der Waals surface area (Å²) in [6.45, 7) is 3.17. The van der Waals surface area contributed by atoms with Gasteiger partial charge in [0.05, 0.1) is 6.04 Å². The van der Waals surface area contributed by atoms with Crippen LogP contribution in [0.2, 0.25) is 0 Å². The number of rotatable bonds is 3. The van der Waals surface area contributed by atoms with Gasteiger partial charge in [-0.05, 0) is 32.6 Å². The van der Waals surface area contributed by atoms with Gasteiger partial charge in [-0.25, -0.2) is 0 Å². The van der Waals surface area contributed by atoms with Crippen LogP contribution in [0.25, 0.3) is 0 Å². The first-order chi connectivity index (χ1) is 9.15. The van der Waals surface area contributed by atoms with E-state index < -0.39 is 6.04 Å². The fourth-order valence-corrected chi connectivity index (χ4v) is 2.59. The van der Waals surface area contributed by atoms with Gasteiger partial charge in [0.25, 0.3) is 0 Å². The van der Waals surface area contributed by atoms with Crippen LogP contribution < -0.4 is 5.73 Å². The topological polar surface area (TPSA) is 85.3 Å². The van der Waals surface area contributed by atoms with Crippen molar-refractivity contribution >= 4 is 18.3 Å². The highest BCUT2D eigenvalue weighted by Crippen LogP contribution is 2.39. The van der Waals surface area contributed by atoms with Crippen molar-refractivity contribution in [2.24, 2.45) is 5.73 Å². The first kappa shape index (κ1) is 15.3. The molecule has 7 heteroatoms. The number of carbonyl (C=O) groups excluding carboxylic acids is 1. The highest BCUT2D eigenvalue weighted by atomic mass is 35.5. The zero-order valence-corrected chi connectivity index (χ0v) is 12.4. The van der Waals surface area contributed by atoms with Crippen LogP contribution in [0, 0.1) is 0 Å². The second-order valence-electron chi connectivity index (χ2n) is 5.68. The molecular weight excluding hydrogens is 280 g/mol. The van der Waals surface area contributed by atoms with Crippen LogP contribution in [-0.2, 0) is 4.79 Å². The normalized spacial score (nSPS) is 24.1. The lowest BCUT2D eigenvalue weighted by Crippen LogP contribution is -2.46. The molecule has 3 rings (SSSR count). The fourth-order valence-electron chi connectivity index (χ4n) is 2.59. The first-order valence-corrected chi connectivity index (χ1v) is 7.03. The lowest BCUT2D eigenvalue weighted by atomic mass is 9.97. The van der Waals surface area contributed by atoms with E-state index >= 15 is 0 Å². The van der Waals surface area contributed by atoms with Crippen molar-refractivity contribution in [2.75, 3.05) is 13.1 Å². The van der Waals surface area contributed by atoms with Gasteiger partial charge in [-0.2, -0.15) is 4.98 Å². The minimum atomic E-state index is -0.439. The van der Waals surface area contributed by atoms with Gasteiger partial charge >= 0.3 is 0 Å². The summed E-state index contributed by atoms with van der Waals surface area (Å²) in [6.07, 6.45) is 4.28. The summed E-state index contributed by atoms with van der Waals surface area (Å²) < 4.78 is 5.30. The molecule has 0 spiro atoms. The van der Waals surface area contributed by atoms with Gasteiger partial charge in [-0.15, -0.1) is 12.4 Å². The number of amides is 1. The van der Waals surface area contributed by atoms with Crippen LogP contribution in [0.5, 0.6) is 0 Å².